The Bertz CT molecular complexity index is 936. The molecule has 2 aromatic carbocycles. The summed E-state index contributed by atoms with van der Waals surface area (Å²) in [5, 5.41) is 6.52. The number of aromatic nitrogens is 2. The lowest BCUT2D eigenvalue weighted by Crippen LogP contribution is -2.08. The van der Waals surface area contributed by atoms with Crippen molar-refractivity contribution in [1.29, 1.82) is 0 Å². The molecule has 3 rings (SSSR count). The van der Waals surface area contributed by atoms with Gasteiger partial charge in [0.1, 0.15) is 18.0 Å². The molecule has 29 heavy (non-hydrogen) atoms. The average molecular weight is 395 g/mol. The van der Waals surface area contributed by atoms with Crippen LogP contribution in [0.4, 0.5) is 28.7 Å². The Kier molecular flexibility index (Phi) is 6.23. The van der Waals surface area contributed by atoms with Gasteiger partial charge in [-0.2, -0.15) is 0 Å². The van der Waals surface area contributed by atoms with Gasteiger partial charge in [-0.1, -0.05) is 0 Å². The Morgan fingerprint density at radius 3 is 1.76 bits per heavy atom. The molecule has 0 atom stereocenters. The minimum atomic E-state index is 0.534. The molecule has 0 bridgehead atoms. The van der Waals surface area contributed by atoms with Crippen molar-refractivity contribution in [1.82, 2.24) is 9.97 Å². The van der Waals surface area contributed by atoms with E-state index in [-0.39, 0.29) is 0 Å². The van der Waals surface area contributed by atoms with Crippen LogP contribution in [0.15, 0.2) is 48.8 Å². The number of hydrogen-bond donors (Lipinski definition) is 2. The Hall–Kier alpha value is -3.68. The van der Waals surface area contributed by atoms with Crippen LogP contribution in [0.25, 0.3) is 0 Å². The predicted octanol–water partition coefficient (Wildman–Crippen LogP) is 4.06. The minimum absolute atomic E-state index is 0.534. The normalized spacial score (nSPS) is 10.2. The van der Waals surface area contributed by atoms with E-state index in [1.807, 2.05) is 61.5 Å². The molecule has 0 aliphatic rings. The van der Waals surface area contributed by atoms with E-state index in [1.54, 1.807) is 21.3 Å². The number of methoxy groups -OCH3 is 3. The standard InChI is InChI=1S/C21H25N5O3/c1-26(2)16-8-6-14(7-9-16)24-19-12-20(23-13-22-19)25-15-10-17(27-3)21(29-5)18(11-15)28-4/h6-13H,1-5H3,(H2,22,23,24,25). The summed E-state index contributed by atoms with van der Waals surface area (Å²) >= 11 is 0. The quantitative estimate of drug-likeness (QED) is 0.591. The van der Waals surface area contributed by atoms with E-state index < -0.39 is 0 Å². The molecule has 1 heterocycles. The number of hydrogen-bond acceptors (Lipinski definition) is 8. The monoisotopic (exact) mass is 395 g/mol. The van der Waals surface area contributed by atoms with Crippen molar-refractivity contribution < 1.29 is 14.2 Å². The average Bonchev–Trinajstić information content (AvgIpc) is 2.73. The molecule has 0 amide bonds. The van der Waals surface area contributed by atoms with Crippen molar-refractivity contribution in [3.63, 3.8) is 0 Å². The fourth-order valence-electron chi connectivity index (χ4n) is 2.79. The molecule has 0 fully saturated rings. The second-order valence-electron chi connectivity index (χ2n) is 6.39. The lowest BCUT2D eigenvalue weighted by atomic mass is 10.2. The lowest BCUT2D eigenvalue weighted by molar-refractivity contribution is 0.324. The van der Waals surface area contributed by atoms with Crippen molar-refractivity contribution in [3.8, 4) is 17.2 Å². The topological polar surface area (TPSA) is 80.8 Å². The highest BCUT2D eigenvalue weighted by Crippen LogP contribution is 2.40. The molecule has 2 N–H and O–H groups in total. The van der Waals surface area contributed by atoms with Gasteiger partial charge in [0.2, 0.25) is 5.75 Å². The molecule has 0 radical (unpaired) electrons. The maximum absolute atomic E-state index is 5.39. The third kappa shape index (κ3) is 4.78. The minimum Gasteiger partial charge on any atom is -0.493 e. The van der Waals surface area contributed by atoms with Gasteiger partial charge in [0.15, 0.2) is 11.5 Å². The third-order valence-electron chi connectivity index (χ3n) is 4.26. The van der Waals surface area contributed by atoms with Gasteiger partial charge in [0.05, 0.1) is 21.3 Å². The second kappa shape index (κ2) is 9.01. The summed E-state index contributed by atoms with van der Waals surface area (Å²) in [5.74, 6) is 2.95. The van der Waals surface area contributed by atoms with Gasteiger partial charge < -0.3 is 29.7 Å². The van der Waals surface area contributed by atoms with Crippen LogP contribution in [0.1, 0.15) is 0 Å². The highest BCUT2D eigenvalue weighted by Gasteiger charge is 2.13. The summed E-state index contributed by atoms with van der Waals surface area (Å²) in [7, 11) is 8.74. The van der Waals surface area contributed by atoms with E-state index in [0.29, 0.717) is 28.9 Å². The van der Waals surface area contributed by atoms with Gasteiger partial charge in [-0.25, -0.2) is 9.97 Å². The molecule has 0 saturated heterocycles. The number of ether oxygens (including phenoxy) is 3. The summed E-state index contributed by atoms with van der Waals surface area (Å²) in [6.07, 6.45) is 1.50. The van der Waals surface area contributed by atoms with Crippen LogP contribution in [0.3, 0.4) is 0 Å². The summed E-state index contributed by atoms with van der Waals surface area (Å²) in [5.41, 5.74) is 2.82. The molecule has 0 unspecified atom stereocenters. The van der Waals surface area contributed by atoms with Crippen LogP contribution in [0, 0.1) is 0 Å². The van der Waals surface area contributed by atoms with Gasteiger partial charge in [-0.3, -0.25) is 0 Å². The fourth-order valence-corrected chi connectivity index (χ4v) is 2.79. The second-order valence-corrected chi connectivity index (χ2v) is 6.39. The highest BCUT2D eigenvalue weighted by atomic mass is 16.5. The van der Waals surface area contributed by atoms with E-state index in [2.05, 4.69) is 20.6 Å². The zero-order valence-corrected chi connectivity index (χ0v) is 17.2. The molecular weight excluding hydrogens is 370 g/mol. The first-order valence-corrected chi connectivity index (χ1v) is 8.97. The van der Waals surface area contributed by atoms with Gasteiger partial charge in [0, 0.05) is 49.4 Å². The molecule has 3 aromatic rings. The number of rotatable bonds is 8. The lowest BCUT2D eigenvalue weighted by Gasteiger charge is -2.15. The zero-order chi connectivity index (χ0) is 20.8. The summed E-state index contributed by atoms with van der Waals surface area (Å²) in [4.78, 5) is 10.6. The smallest absolute Gasteiger partial charge is 0.203 e. The Morgan fingerprint density at radius 1 is 0.724 bits per heavy atom. The summed E-state index contributed by atoms with van der Waals surface area (Å²) in [6, 6.07) is 13.5. The van der Waals surface area contributed by atoms with Crippen LogP contribution in [-0.4, -0.2) is 45.4 Å². The molecule has 8 nitrogen and oxygen atoms in total. The predicted molar refractivity (Wildman–Crippen MR) is 115 cm³/mol. The maximum Gasteiger partial charge on any atom is 0.203 e. The van der Waals surface area contributed by atoms with Crippen molar-refractivity contribution in [2.75, 3.05) is 51.0 Å². The van der Waals surface area contributed by atoms with Crippen LogP contribution in [0.2, 0.25) is 0 Å². The fraction of sp³-hybridized carbons (Fsp3) is 0.238. The van der Waals surface area contributed by atoms with E-state index in [9.17, 15) is 0 Å². The van der Waals surface area contributed by atoms with Crippen molar-refractivity contribution in [3.05, 3.63) is 48.8 Å². The van der Waals surface area contributed by atoms with Gasteiger partial charge in [-0.15, -0.1) is 0 Å². The van der Waals surface area contributed by atoms with Crippen LogP contribution >= 0.6 is 0 Å². The highest BCUT2D eigenvalue weighted by molar-refractivity contribution is 5.68. The third-order valence-corrected chi connectivity index (χ3v) is 4.26. The summed E-state index contributed by atoms with van der Waals surface area (Å²) in [6.45, 7) is 0. The summed E-state index contributed by atoms with van der Waals surface area (Å²) < 4.78 is 16.1. The van der Waals surface area contributed by atoms with Crippen LogP contribution in [0.5, 0.6) is 17.2 Å². The van der Waals surface area contributed by atoms with Crippen molar-refractivity contribution in [2.45, 2.75) is 0 Å². The number of nitrogens with zero attached hydrogens (tertiary/aromatic N) is 3. The molecule has 1 aromatic heterocycles. The number of nitrogens with one attached hydrogen (secondary N) is 2. The molecule has 0 spiro atoms. The molecule has 152 valence electrons. The Morgan fingerprint density at radius 2 is 1.28 bits per heavy atom. The van der Waals surface area contributed by atoms with Crippen molar-refractivity contribution in [2.24, 2.45) is 0 Å². The largest absolute Gasteiger partial charge is 0.493 e. The van der Waals surface area contributed by atoms with E-state index in [4.69, 9.17) is 14.2 Å². The van der Waals surface area contributed by atoms with Crippen molar-refractivity contribution >= 4 is 28.7 Å². The van der Waals surface area contributed by atoms with E-state index >= 15 is 0 Å². The van der Waals surface area contributed by atoms with Gasteiger partial charge in [0.25, 0.3) is 0 Å². The van der Waals surface area contributed by atoms with Gasteiger partial charge in [-0.05, 0) is 24.3 Å². The first kappa shape index (κ1) is 20.1. The SMILES string of the molecule is COc1cc(Nc2cc(Nc3ccc(N(C)C)cc3)ncn2)cc(OC)c1OC. The first-order chi connectivity index (χ1) is 14.0. The Balaban J connectivity index is 1.79. The number of anilines is 5. The molecular formula is C21H25N5O3. The maximum atomic E-state index is 5.39. The molecule has 8 heteroatoms. The zero-order valence-electron chi connectivity index (χ0n) is 17.2. The molecule has 0 aliphatic heterocycles. The van der Waals surface area contributed by atoms with Crippen LogP contribution < -0.4 is 29.7 Å². The Labute approximate surface area is 170 Å². The molecule has 0 aliphatic carbocycles. The van der Waals surface area contributed by atoms with E-state index in [1.165, 1.54) is 6.33 Å². The van der Waals surface area contributed by atoms with Crippen LogP contribution in [-0.2, 0) is 0 Å². The van der Waals surface area contributed by atoms with Gasteiger partial charge >= 0.3 is 0 Å². The van der Waals surface area contributed by atoms with E-state index in [0.717, 1.165) is 17.1 Å². The number of benzene rings is 2. The molecule has 0 saturated carbocycles. The first-order valence-electron chi connectivity index (χ1n) is 8.97.